The molecule has 0 amide bonds. The molecule has 2 rings (SSSR count). The van der Waals surface area contributed by atoms with E-state index >= 15 is 0 Å². The maximum Gasteiger partial charge on any atom is 0.0183 e. The molecule has 23 heavy (non-hydrogen) atoms. The van der Waals surface area contributed by atoms with Gasteiger partial charge in [0, 0.05) is 5.54 Å². The first-order chi connectivity index (χ1) is 11.2. The van der Waals surface area contributed by atoms with Crippen LogP contribution in [0.25, 0.3) is 0 Å². The summed E-state index contributed by atoms with van der Waals surface area (Å²) in [5.74, 6) is 0.678. The summed E-state index contributed by atoms with van der Waals surface area (Å²) >= 11 is 0. The Kier molecular flexibility index (Phi) is 7.62. The van der Waals surface area contributed by atoms with E-state index in [0.717, 1.165) is 6.42 Å². The van der Waals surface area contributed by atoms with Gasteiger partial charge in [0.1, 0.15) is 0 Å². The number of nitrogens with two attached hydrogens (primary N) is 1. The molecule has 1 nitrogen and oxygen atoms in total. The van der Waals surface area contributed by atoms with Crippen LogP contribution in [0.2, 0.25) is 0 Å². The van der Waals surface area contributed by atoms with Gasteiger partial charge in [-0.05, 0) is 55.6 Å². The molecular weight excluding hydrogens is 278 g/mol. The fraction of sp³-hybridized carbons (Fsp3) is 0.727. The highest BCUT2D eigenvalue weighted by Crippen LogP contribution is 2.38. The highest BCUT2D eigenvalue weighted by molar-refractivity contribution is 5.24. The molecule has 1 fully saturated rings. The highest BCUT2D eigenvalue weighted by atomic mass is 14.8. The molecular formula is C22H37N. The van der Waals surface area contributed by atoms with Gasteiger partial charge in [0.15, 0.2) is 0 Å². The smallest absolute Gasteiger partial charge is 0.0183 e. The van der Waals surface area contributed by atoms with Gasteiger partial charge in [0.25, 0.3) is 0 Å². The second kappa shape index (κ2) is 9.47. The van der Waals surface area contributed by atoms with Crippen LogP contribution in [-0.2, 0) is 12.8 Å². The molecule has 0 unspecified atom stereocenters. The van der Waals surface area contributed by atoms with E-state index < -0.39 is 0 Å². The van der Waals surface area contributed by atoms with Crippen LogP contribution in [0.1, 0.15) is 89.2 Å². The van der Waals surface area contributed by atoms with Crippen LogP contribution in [0.5, 0.6) is 0 Å². The second-order valence-corrected chi connectivity index (χ2v) is 7.71. The van der Waals surface area contributed by atoms with Crippen LogP contribution in [-0.4, -0.2) is 5.54 Å². The van der Waals surface area contributed by atoms with Crippen molar-refractivity contribution in [3.8, 4) is 0 Å². The maximum absolute atomic E-state index is 6.60. The van der Waals surface area contributed by atoms with E-state index in [1.165, 1.54) is 81.8 Å². The van der Waals surface area contributed by atoms with Gasteiger partial charge in [-0.15, -0.1) is 0 Å². The Bertz CT molecular complexity index is 436. The minimum Gasteiger partial charge on any atom is -0.325 e. The van der Waals surface area contributed by atoms with Crippen molar-refractivity contribution in [1.29, 1.82) is 0 Å². The topological polar surface area (TPSA) is 26.0 Å². The summed E-state index contributed by atoms with van der Waals surface area (Å²) in [5, 5.41) is 0. The molecule has 1 saturated carbocycles. The van der Waals surface area contributed by atoms with Gasteiger partial charge >= 0.3 is 0 Å². The monoisotopic (exact) mass is 315 g/mol. The van der Waals surface area contributed by atoms with E-state index in [1.807, 2.05) is 0 Å². The van der Waals surface area contributed by atoms with Crippen molar-refractivity contribution in [2.75, 3.05) is 0 Å². The second-order valence-electron chi connectivity index (χ2n) is 7.71. The number of hydrogen-bond donors (Lipinski definition) is 1. The minimum absolute atomic E-state index is 0.0944. The summed E-state index contributed by atoms with van der Waals surface area (Å²) in [6.07, 6.45) is 15.6. The first kappa shape index (κ1) is 18.5. The van der Waals surface area contributed by atoms with Crippen molar-refractivity contribution in [3.63, 3.8) is 0 Å². The van der Waals surface area contributed by atoms with Gasteiger partial charge < -0.3 is 5.73 Å². The molecule has 1 aromatic rings. The van der Waals surface area contributed by atoms with E-state index in [-0.39, 0.29) is 5.54 Å². The molecule has 0 heterocycles. The highest BCUT2D eigenvalue weighted by Gasteiger charge is 2.37. The number of unbranched alkanes of at least 4 members (excludes halogenated alkanes) is 5. The molecule has 2 N–H and O–H groups in total. The Hall–Kier alpha value is -0.820. The van der Waals surface area contributed by atoms with Crippen LogP contribution >= 0.6 is 0 Å². The summed E-state index contributed by atoms with van der Waals surface area (Å²) in [6, 6.07) is 9.39. The van der Waals surface area contributed by atoms with Gasteiger partial charge in [0.2, 0.25) is 0 Å². The normalized spacial score (nSPS) is 24.2. The van der Waals surface area contributed by atoms with Crippen molar-refractivity contribution < 1.29 is 0 Å². The van der Waals surface area contributed by atoms with Gasteiger partial charge in [-0.3, -0.25) is 0 Å². The summed E-state index contributed by atoms with van der Waals surface area (Å²) in [7, 11) is 0. The molecule has 130 valence electrons. The number of hydrogen-bond acceptors (Lipinski definition) is 1. The van der Waals surface area contributed by atoms with Crippen LogP contribution in [0, 0.1) is 5.92 Å². The molecule has 0 bridgehead atoms. The molecule has 0 radical (unpaired) electrons. The standard InChI is InChI=1S/C22H37N/c1-3-5-6-7-8-9-11-19-13-15-20(16-14-19)18-21-12-10-17-22(21,23)4-2/h13-16,21H,3-12,17-18,23H2,1-2H3/t21-,22+/m0/s1. The fourth-order valence-corrected chi connectivity index (χ4v) is 4.18. The molecule has 1 aliphatic carbocycles. The molecule has 1 aliphatic rings. The predicted octanol–water partition coefficient (Wildman–Crippen LogP) is 6.04. The van der Waals surface area contributed by atoms with Gasteiger partial charge in [-0.25, -0.2) is 0 Å². The summed E-state index contributed by atoms with van der Waals surface area (Å²) < 4.78 is 0. The summed E-state index contributed by atoms with van der Waals surface area (Å²) in [6.45, 7) is 4.53. The molecule has 1 aromatic carbocycles. The van der Waals surface area contributed by atoms with Crippen molar-refractivity contribution in [1.82, 2.24) is 0 Å². The third-order valence-electron chi connectivity index (χ3n) is 5.99. The van der Waals surface area contributed by atoms with E-state index in [0.29, 0.717) is 5.92 Å². The largest absolute Gasteiger partial charge is 0.325 e. The molecule has 1 heteroatoms. The molecule has 0 aliphatic heterocycles. The maximum atomic E-state index is 6.60. The average molecular weight is 316 g/mol. The lowest BCUT2D eigenvalue weighted by Gasteiger charge is -2.30. The Balaban J connectivity index is 1.74. The van der Waals surface area contributed by atoms with Crippen LogP contribution in [0.15, 0.2) is 24.3 Å². The average Bonchev–Trinajstić information content (AvgIpc) is 2.94. The first-order valence-electron chi connectivity index (χ1n) is 10.0. The van der Waals surface area contributed by atoms with Crippen LogP contribution in [0.4, 0.5) is 0 Å². The Morgan fingerprint density at radius 2 is 1.61 bits per heavy atom. The van der Waals surface area contributed by atoms with Crippen molar-refractivity contribution >= 4 is 0 Å². The molecule has 0 spiro atoms. The van der Waals surface area contributed by atoms with E-state index in [4.69, 9.17) is 5.73 Å². The van der Waals surface area contributed by atoms with Gasteiger partial charge in [-0.2, -0.15) is 0 Å². The minimum atomic E-state index is 0.0944. The third kappa shape index (κ3) is 5.64. The number of aryl methyl sites for hydroxylation is 1. The van der Waals surface area contributed by atoms with Gasteiger partial charge in [0.05, 0.1) is 0 Å². The van der Waals surface area contributed by atoms with Crippen molar-refractivity contribution in [2.24, 2.45) is 11.7 Å². The lowest BCUT2D eigenvalue weighted by molar-refractivity contribution is 0.304. The Morgan fingerprint density at radius 3 is 2.30 bits per heavy atom. The SMILES string of the molecule is CCCCCCCCc1ccc(C[C@@H]2CCC[C@]2(N)CC)cc1. The summed E-state index contributed by atoms with van der Waals surface area (Å²) in [4.78, 5) is 0. The van der Waals surface area contributed by atoms with E-state index in [9.17, 15) is 0 Å². The first-order valence-corrected chi connectivity index (χ1v) is 10.0. The fourth-order valence-electron chi connectivity index (χ4n) is 4.18. The summed E-state index contributed by atoms with van der Waals surface area (Å²) in [5.41, 5.74) is 9.67. The Morgan fingerprint density at radius 1 is 0.957 bits per heavy atom. The molecule has 2 atom stereocenters. The third-order valence-corrected chi connectivity index (χ3v) is 5.99. The predicted molar refractivity (Wildman–Crippen MR) is 102 cm³/mol. The number of benzene rings is 1. The lowest BCUT2D eigenvalue weighted by Crippen LogP contribution is -2.43. The van der Waals surface area contributed by atoms with Crippen molar-refractivity contribution in [2.45, 2.75) is 96.4 Å². The van der Waals surface area contributed by atoms with E-state index in [1.54, 1.807) is 0 Å². The van der Waals surface area contributed by atoms with Crippen LogP contribution < -0.4 is 5.73 Å². The number of rotatable bonds is 10. The molecule has 0 saturated heterocycles. The zero-order chi connectivity index (χ0) is 16.5. The zero-order valence-electron chi connectivity index (χ0n) is 15.4. The van der Waals surface area contributed by atoms with E-state index in [2.05, 4.69) is 38.1 Å². The lowest BCUT2D eigenvalue weighted by atomic mass is 9.81. The quantitative estimate of drug-likeness (QED) is 0.523. The van der Waals surface area contributed by atoms with Crippen molar-refractivity contribution in [3.05, 3.63) is 35.4 Å². The van der Waals surface area contributed by atoms with Gasteiger partial charge in [-0.1, -0.05) is 76.6 Å². The zero-order valence-corrected chi connectivity index (χ0v) is 15.4. The molecule has 0 aromatic heterocycles. The van der Waals surface area contributed by atoms with Crippen LogP contribution in [0.3, 0.4) is 0 Å². The Labute approximate surface area is 144 Å².